The van der Waals surface area contributed by atoms with Crippen LogP contribution in [0.2, 0.25) is 0 Å². The fourth-order valence-electron chi connectivity index (χ4n) is 3.60. The van der Waals surface area contributed by atoms with E-state index in [-0.39, 0.29) is 30.7 Å². The summed E-state index contributed by atoms with van der Waals surface area (Å²) in [4.78, 5) is 37.2. The van der Waals surface area contributed by atoms with E-state index in [2.05, 4.69) is 28.0 Å². The van der Waals surface area contributed by atoms with Crippen molar-refractivity contribution >= 4 is 23.6 Å². The van der Waals surface area contributed by atoms with Gasteiger partial charge in [0, 0.05) is 24.6 Å². The number of hydrogen-bond acceptors (Lipinski definition) is 4. The van der Waals surface area contributed by atoms with Crippen LogP contribution in [0.1, 0.15) is 57.4 Å². The maximum atomic E-state index is 12.2. The van der Waals surface area contributed by atoms with Gasteiger partial charge in [0.15, 0.2) is 0 Å². The third-order valence-electron chi connectivity index (χ3n) is 5.11. The van der Waals surface area contributed by atoms with E-state index in [1.807, 2.05) is 18.2 Å². The maximum absolute atomic E-state index is 12.2. The Morgan fingerprint density at radius 3 is 2.67 bits per heavy atom. The highest BCUT2D eigenvalue weighted by Gasteiger charge is 2.44. The number of carbonyl (C=O) groups is 3. The van der Waals surface area contributed by atoms with Gasteiger partial charge in [-0.2, -0.15) is 5.10 Å². The molecule has 144 valence electrons. The van der Waals surface area contributed by atoms with Gasteiger partial charge < -0.3 is 5.32 Å². The summed E-state index contributed by atoms with van der Waals surface area (Å²) >= 11 is 0. The lowest BCUT2D eigenvalue weighted by molar-refractivity contribution is -0.130. The molecular weight excluding hydrogens is 344 g/mol. The van der Waals surface area contributed by atoms with Crippen molar-refractivity contribution in [2.24, 2.45) is 5.10 Å². The molecule has 0 spiro atoms. The van der Waals surface area contributed by atoms with E-state index in [4.69, 9.17) is 0 Å². The molecule has 2 aliphatic rings. The van der Waals surface area contributed by atoms with Crippen molar-refractivity contribution < 1.29 is 14.4 Å². The number of amides is 4. The second-order valence-corrected chi connectivity index (χ2v) is 7.61. The number of hydrazone groups is 1. The van der Waals surface area contributed by atoms with Crippen molar-refractivity contribution in [2.75, 3.05) is 6.54 Å². The molecule has 1 aromatic rings. The summed E-state index contributed by atoms with van der Waals surface area (Å²) < 4.78 is 0. The van der Waals surface area contributed by atoms with E-state index in [0.29, 0.717) is 0 Å². The first-order valence-electron chi connectivity index (χ1n) is 9.43. The molecule has 1 atom stereocenters. The summed E-state index contributed by atoms with van der Waals surface area (Å²) in [6.07, 6.45) is 4.13. The van der Waals surface area contributed by atoms with Gasteiger partial charge in [-0.3, -0.25) is 14.5 Å². The van der Waals surface area contributed by atoms with Gasteiger partial charge >= 0.3 is 6.03 Å². The van der Waals surface area contributed by atoms with Crippen LogP contribution in [0.4, 0.5) is 4.79 Å². The summed E-state index contributed by atoms with van der Waals surface area (Å²) in [5, 5.41) is 6.97. The minimum absolute atomic E-state index is 0.0298. The third kappa shape index (κ3) is 4.35. The number of nitrogens with one attached hydrogen (secondary N) is 2. The van der Waals surface area contributed by atoms with Crippen molar-refractivity contribution in [3.05, 3.63) is 35.9 Å². The topological polar surface area (TPSA) is 90.9 Å². The van der Waals surface area contributed by atoms with Crippen LogP contribution in [0.3, 0.4) is 0 Å². The van der Waals surface area contributed by atoms with Crippen molar-refractivity contribution in [3.63, 3.8) is 0 Å². The van der Waals surface area contributed by atoms with E-state index < -0.39 is 11.6 Å². The lowest BCUT2D eigenvalue weighted by Crippen LogP contribution is -2.40. The molecule has 2 fully saturated rings. The molecule has 0 unspecified atom stereocenters. The summed E-state index contributed by atoms with van der Waals surface area (Å²) in [5.41, 5.74) is 3.89. The highest BCUT2D eigenvalue weighted by atomic mass is 16.2. The zero-order chi connectivity index (χ0) is 19.4. The molecular formula is C20H26N4O3. The zero-order valence-corrected chi connectivity index (χ0v) is 15.8. The number of imide groups is 1. The fourth-order valence-corrected chi connectivity index (χ4v) is 3.60. The van der Waals surface area contributed by atoms with E-state index >= 15 is 0 Å². The molecule has 1 saturated carbocycles. The van der Waals surface area contributed by atoms with E-state index in [9.17, 15) is 14.4 Å². The van der Waals surface area contributed by atoms with Crippen LogP contribution in [-0.2, 0) is 9.59 Å². The smallest absolute Gasteiger partial charge is 0.324 e. The van der Waals surface area contributed by atoms with Gasteiger partial charge in [-0.25, -0.2) is 10.2 Å². The van der Waals surface area contributed by atoms with Crippen LogP contribution >= 0.6 is 0 Å². The second-order valence-electron chi connectivity index (χ2n) is 7.61. The summed E-state index contributed by atoms with van der Waals surface area (Å²) in [5.74, 6) is -0.389. The molecule has 1 aromatic carbocycles. The molecule has 7 nitrogen and oxygen atoms in total. The third-order valence-corrected chi connectivity index (χ3v) is 5.11. The predicted octanol–water partition coefficient (Wildman–Crippen LogP) is 2.54. The van der Waals surface area contributed by atoms with Crippen molar-refractivity contribution in [1.29, 1.82) is 0 Å². The summed E-state index contributed by atoms with van der Waals surface area (Å²) in [6.45, 7) is 3.34. The maximum Gasteiger partial charge on any atom is 0.325 e. The lowest BCUT2D eigenvalue weighted by Gasteiger charge is -2.24. The minimum atomic E-state index is -0.918. The van der Waals surface area contributed by atoms with E-state index in [0.717, 1.165) is 36.3 Å². The monoisotopic (exact) mass is 370 g/mol. The molecule has 1 aliphatic carbocycles. The van der Waals surface area contributed by atoms with Crippen LogP contribution in [0.25, 0.3) is 0 Å². The van der Waals surface area contributed by atoms with Gasteiger partial charge in [0.05, 0.1) is 0 Å². The number of benzene rings is 1. The first-order valence-corrected chi connectivity index (χ1v) is 9.43. The SMILES string of the molecule is CC1(C)NC(=O)N(CCC(=O)N/N=C2/CCCC[C@@H]2c2ccccc2)C1=O. The largest absolute Gasteiger partial charge is 0.325 e. The quantitative estimate of drug-likeness (QED) is 0.616. The predicted molar refractivity (Wildman–Crippen MR) is 102 cm³/mol. The average molecular weight is 370 g/mol. The van der Waals surface area contributed by atoms with Crippen LogP contribution < -0.4 is 10.7 Å². The molecule has 0 radical (unpaired) electrons. The van der Waals surface area contributed by atoms with Gasteiger partial charge in [-0.1, -0.05) is 36.8 Å². The van der Waals surface area contributed by atoms with E-state index in [1.165, 1.54) is 5.56 Å². The van der Waals surface area contributed by atoms with Crippen LogP contribution in [-0.4, -0.2) is 40.5 Å². The van der Waals surface area contributed by atoms with E-state index in [1.54, 1.807) is 13.8 Å². The molecule has 1 aliphatic heterocycles. The molecule has 0 bridgehead atoms. The van der Waals surface area contributed by atoms with Crippen LogP contribution in [0, 0.1) is 0 Å². The highest BCUT2D eigenvalue weighted by Crippen LogP contribution is 2.30. The Labute approximate surface area is 159 Å². The Balaban J connectivity index is 1.57. The van der Waals surface area contributed by atoms with Crippen molar-refractivity contribution in [1.82, 2.24) is 15.6 Å². The summed E-state index contributed by atoms with van der Waals surface area (Å²) in [7, 11) is 0. The normalized spacial score (nSPS) is 23.4. The van der Waals surface area contributed by atoms with Crippen molar-refractivity contribution in [3.8, 4) is 0 Å². The molecule has 4 amide bonds. The lowest BCUT2D eigenvalue weighted by atomic mass is 9.82. The Hall–Kier alpha value is -2.70. The minimum Gasteiger partial charge on any atom is -0.324 e. The van der Waals surface area contributed by atoms with Crippen molar-refractivity contribution in [2.45, 2.75) is 57.4 Å². The molecule has 0 aromatic heterocycles. The number of carbonyl (C=O) groups excluding carboxylic acids is 3. The number of hydrogen-bond donors (Lipinski definition) is 2. The molecule has 7 heteroatoms. The molecule has 27 heavy (non-hydrogen) atoms. The standard InChI is InChI=1S/C20H26N4O3/c1-20(2)18(26)24(19(27)21-20)13-12-17(25)23-22-16-11-7-6-10-15(16)14-8-4-3-5-9-14/h3-5,8-9,15H,6-7,10-13H2,1-2H3,(H,21,27)(H,23,25)/b22-16-/t15-/m1/s1. The molecule has 1 heterocycles. The number of nitrogens with zero attached hydrogens (tertiary/aromatic N) is 2. The Morgan fingerprint density at radius 2 is 2.00 bits per heavy atom. The van der Waals surface area contributed by atoms with Gasteiger partial charge in [0.1, 0.15) is 5.54 Å². The van der Waals surface area contributed by atoms with Crippen LogP contribution in [0.5, 0.6) is 0 Å². The van der Waals surface area contributed by atoms with Gasteiger partial charge in [0.2, 0.25) is 5.91 Å². The molecule has 2 N–H and O–H groups in total. The fraction of sp³-hybridized carbons (Fsp3) is 0.500. The highest BCUT2D eigenvalue weighted by molar-refractivity contribution is 6.06. The average Bonchev–Trinajstić information content (AvgIpc) is 2.86. The van der Waals surface area contributed by atoms with Gasteiger partial charge in [-0.15, -0.1) is 0 Å². The Kier molecular flexibility index (Phi) is 5.58. The van der Waals surface area contributed by atoms with Gasteiger partial charge in [-0.05, 0) is 38.7 Å². The summed E-state index contributed by atoms with van der Waals surface area (Å²) in [6, 6.07) is 9.74. The first kappa shape index (κ1) is 19.1. The molecule has 1 saturated heterocycles. The number of urea groups is 1. The van der Waals surface area contributed by atoms with Gasteiger partial charge in [0.25, 0.3) is 5.91 Å². The Bertz CT molecular complexity index is 758. The second kappa shape index (κ2) is 7.90. The van der Waals surface area contributed by atoms with Crippen LogP contribution in [0.15, 0.2) is 35.4 Å². The first-order chi connectivity index (χ1) is 12.9. The zero-order valence-electron chi connectivity index (χ0n) is 15.8. The number of rotatable bonds is 5. The Morgan fingerprint density at radius 1 is 1.26 bits per heavy atom. The molecule has 3 rings (SSSR count).